The first-order valence-corrected chi connectivity index (χ1v) is 11.2. The van der Waals surface area contributed by atoms with E-state index in [0.29, 0.717) is 16.8 Å². The normalized spacial score (nSPS) is 11.3. The highest BCUT2D eigenvalue weighted by Gasteiger charge is 2.27. The molecule has 0 atom stereocenters. The molecule has 6 nitrogen and oxygen atoms in total. The molecule has 0 heterocycles. The van der Waals surface area contributed by atoms with Gasteiger partial charge >= 0.3 is 0 Å². The van der Waals surface area contributed by atoms with Gasteiger partial charge in [0.2, 0.25) is 10.0 Å². The summed E-state index contributed by atoms with van der Waals surface area (Å²) < 4.78 is 27.9. The van der Waals surface area contributed by atoms with E-state index in [2.05, 4.69) is 5.32 Å². The monoisotopic (exact) mass is 433 g/mol. The van der Waals surface area contributed by atoms with Crippen LogP contribution in [0.25, 0.3) is 0 Å². The van der Waals surface area contributed by atoms with Crippen molar-refractivity contribution in [1.29, 1.82) is 5.26 Å². The third-order valence-corrected chi connectivity index (χ3v) is 6.81. The number of nitriles is 1. The number of nitrogens with one attached hydrogen (secondary N) is 1. The highest BCUT2D eigenvalue weighted by molar-refractivity contribution is 7.89. The predicted octanol–water partition coefficient (Wildman–Crippen LogP) is 4.41. The minimum atomic E-state index is -3.75. The van der Waals surface area contributed by atoms with Crippen LogP contribution in [0, 0.1) is 11.3 Å². The molecular formula is C24H23N3O3S. The van der Waals surface area contributed by atoms with Gasteiger partial charge in [-0.1, -0.05) is 42.5 Å². The Balaban J connectivity index is 1.81. The zero-order valence-corrected chi connectivity index (χ0v) is 18.1. The van der Waals surface area contributed by atoms with Crippen molar-refractivity contribution in [3.63, 3.8) is 0 Å². The summed E-state index contributed by atoms with van der Waals surface area (Å²) in [5.74, 6) is -0.420. The second kappa shape index (κ2) is 9.56. The number of benzene rings is 3. The minimum absolute atomic E-state index is 0.117. The number of amides is 1. The molecule has 0 bridgehead atoms. The van der Waals surface area contributed by atoms with Gasteiger partial charge in [0.15, 0.2) is 0 Å². The van der Waals surface area contributed by atoms with Gasteiger partial charge in [0.25, 0.3) is 5.91 Å². The molecular weight excluding hydrogens is 410 g/mol. The summed E-state index contributed by atoms with van der Waals surface area (Å²) >= 11 is 0. The number of para-hydroxylation sites is 1. The molecule has 3 aromatic carbocycles. The van der Waals surface area contributed by atoms with Crippen molar-refractivity contribution in [2.24, 2.45) is 0 Å². The van der Waals surface area contributed by atoms with Gasteiger partial charge < -0.3 is 5.32 Å². The number of rotatable bonds is 7. The van der Waals surface area contributed by atoms with Gasteiger partial charge in [0, 0.05) is 18.2 Å². The molecule has 7 heteroatoms. The SMILES string of the molecule is CC(C)N(Cc1ccccc1)S(=O)(=O)c1ccc(C(=O)Nc2ccccc2C#N)cc1. The van der Waals surface area contributed by atoms with Crippen molar-refractivity contribution < 1.29 is 13.2 Å². The molecule has 0 fully saturated rings. The summed E-state index contributed by atoms with van der Waals surface area (Å²) in [5.41, 5.74) is 1.95. The van der Waals surface area contributed by atoms with Crippen molar-refractivity contribution in [2.45, 2.75) is 31.3 Å². The lowest BCUT2D eigenvalue weighted by atomic mass is 10.1. The standard InChI is InChI=1S/C24H23N3O3S/c1-18(2)27(17-19-8-4-3-5-9-19)31(29,30)22-14-12-20(13-15-22)24(28)26-23-11-7-6-10-21(23)16-25/h3-15,18H,17H2,1-2H3,(H,26,28). The second-order valence-electron chi connectivity index (χ2n) is 7.27. The van der Waals surface area contributed by atoms with Crippen LogP contribution in [0.4, 0.5) is 5.69 Å². The van der Waals surface area contributed by atoms with Crippen molar-refractivity contribution in [1.82, 2.24) is 4.31 Å². The average molecular weight is 434 g/mol. The molecule has 0 spiro atoms. The molecule has 31 heavy (non-hydrogen) atoms. The summed E-state index contributed by atoms with van der Waals surface area (Å²) in [5, 5.41) is 11.8. The van der Waals surface area contributed by atoms with E-state index in [0.717, 1.165) is 5.56 Å². The fourth-order valence-electron chi connectivity index (χ4n) is 3.11. The van der Waals surface area contributed by atoms with Gasteiger partial charge in [-0.2, -0.15) is 9.57 Å². The molecule has 0 aliphatic heterocycles. The lowest BCUT2D eigenvalue weighted by Crippen LogP contribution is -2.36. The first kappa shape index (κ1) is 22.2. The molecule has 1 amide bonds. The number of anilines is 1. The highest BCUT2D eigenvalue weighted by atomic mass is 32.2. The molecule has 0 aliphatic rings. The van der Waals surface area contributed by atoms with E-state index in [1.165, 1.54) is 28.6 Å². The van der Waals surface area contributed by atoms with Crippen LogP contribution >= 0.6 is 0 Å². The Labute approximate surface area is 182 Å². The van der Waals surface area contributed by atoms with Crippen LogP contribution < -0.4 is 5.32 Å². The Morgan fingerprint density at radius 2 is 1.58 bits per heavy atom. The van der Waals surface area contributed by atoms with Crippen LogP contribution in [0.2, 0.25) is 0 Å². The van der Waals surface area contributed by atoms with Crippen LogP contribution in [0.1, 0.15) is 35.3 Å². The van der Waals surface area contributed by atoms with Crippen molar-refractivity contribution in [3.05, 3.63) is 95.6 Å². The molecule has 3 aromatic rings. The Morgan fingerprint density at radius 3 is 2.19 bits per heavy atom. The van der Waals surface area contributed by atoms with E-state index in [-0.39, 0.29) is 17.5 Å². The number of carbonyl (C=O) groups excluding carboxylic acids is 1. The lowest BCUT2D eigenvalue weighted by Gasteiger charge is -2.26. The van der Waals surface area contributed by atoms with Crippen molar-refractivity contribution in [3.8, 4) is 6.07 Å². The zero-order valence-electron chi connectivity index (χ0n) is 17.3. The number of carbonyl (C=O) groups is 1. The lowest BCUT2D eigenvalue weighted by molar-refractivity contribution is 0.102. The Kier molecular flexibility index (Phi) is 6.85. The van der Waals surface area contributed by atoms with Crippen LogP contribution in [0.15, 0.2) is 83.8 Å². The highest BCUT2D eigenvalue weighted by Crippen LogP contribution is 2.22. The van der Waals surface area contributed by atoms with E-state index < -0.39 is 15.9 Å². The Morgan fingerprint density at radius 1 is 0.968 bits per heavy atom. The topological polar surface area (TPSA) is 90.3 Å². The fourth-order valence-corrected chi connectivity index (χ4v) is 4.73. The van der Waals surface area contributed by atoms with E-state index in [9.17, 15) is 13.2 Å². The van der Waals surface area contributed by atoms with Crippen LogP contribution in [0.5, 0.6) is 0 Å². The maximum Gasteiger partial charge on any atom is 0.255 e. The van der Waals surface area contributed by atoms with E-state index >= 15 is 0 Å². The maximum absolute atomic E-state index is 13.2. The van der Waals surface area contributed by atoms with Crippen LogP contribution in [-0.4, -0.2) is 24.7 Å². The second-order valence-corrected chi connectivity index (χ2v) is 9.16. The summed E-state index contributed by atoms with van der Waals surface area (Å²) in [4.78, 5) is 12.7. The van der Waals surface area contributed by atoms with Gasteiger partial charge in [-0.3, -0.25) is 4.79 Å². The molecule has 158 valence electrons. The predicted molar refractivity (Wildman–Crippen MR) is 120 cm³/mol. The first-order valence-electron chi connectivity index (χ1n) is 9.79. The molecule has 0 unspecified atom stereocenters. The van der Waals surface area contributed by atoms with Gasteiger partial charge in [0.05, 0.1) is 16.1 Å². The summed E-state index contributed by atoms with van der Waals surface area (Å²) in [6.07, 6.45) is 0. The largest absolute Gasteiger partial charge is 0.321 e. The van der Waals surface area contributed by atoms with Crippen LogP contribution in [-0.2, 0) is 16.6 Å². The van der Waals surface area contributed by atoms with Gasteiger partial charge in [-0.15, -0.1) is 0 Å². The molecule has 0 saturated heterocycles. The Bertz CT molecular complexity index is 1200. The Hall–Kier alpha value is -3.47. The van der Waals surface area contributed by atoms with Gasteiger partial charge in [0.1, 0.15) is 6.07 Å². The maximum atomic E-state index is 13.2. The fraction of sp³-hybridized carbons (Fsp3) is 0.167. The molecule has 0 radical (unpaired) electrons. The molecule has 3 rings (SSSR count). The smallest absolute Gasteiger partial charge is 0.255 e. The third-order valence-electron chi connectivity index (χ3n) is 4.78. The average Bonchev–Trinajstić information content (AvgIpc) is 2.78. The zero-order chi connectivity index (χ0) is 22.4. The summed E-state index contributed by atoms with van der Waals surface area (Å²) in [7, 11) is -3.75. The molecule has 1 N–H and O–H groups in total. The summed E-state index contributed by atoms with van der Waals surface area (Å²) in [6.45, 7) is 3.91. The van der Waals surface area contributed by atoms with Crippen molar-refractivity contribution >= 4 is 21.6 Å². The minimum Gasteiger partial charge on any atom is -0.321 e. The van der Waals surface area contributed by atoms with E-state index in [1.54, 1.807) is 24.3 Å². The quantitative estimate of drug-likeness (QED) is 0.598. The van der Waals surface area contributed by atoms with Gasteiger partial charge in [-0.25, -0.2) is 8.42 Å². The molecule has 0 saturated carbocycles. The number of hydrogen-bond donors (Lipinski definition) is 1. The van der Waals surface area contributed by atoms with Gasteiger partial charge in [-0.05, 0) is 55.8 Å². The molecule has 0 aromatic heterocycles. The van der Waals surface area contributed by atoms with E-state index in [1.807, 2.05) is 50.2 Å². The summed E-state index contributed by atoms with van der Waals surface area (Å²) in [6, 6.07) is 23.7. The number of nitrogens with zero attached hydrogens (tertiary/aromatic N) is 2. The number of sulfonamides is 1. The molecule has 0 aliphatic carbocycles. The van der Waals surface area contributed by atoms with Crippen molar-refractivity contribution in [2.75, 3.05) is 5.32 Å². The third kappa shape index (κ3) is 5.18. The van der Waals surface area contributed by atoms with Crippen LogP contribution in [0.3, 0.4) is 0 Å². The number of hydrogen-bond acceptors (Lipinski definition) is 4. The van der Waals surface area contributed by atoms with E-state index in [4.69, 9.17) is 5.26 Å². The first-order chi connectivity index (χ1) is 14.8.